The molecule has 0 saturated heterocycles. The van der Waals surface area contributed by atoms with Crippen molar-refractivity contribution in [3.63, 3.8) is 0 Å². The molecule has 1 aromatic carbocycles. The van der Waals surface area contributed by atoms with Crippen molar-refractivity contribution in [3.05, 3.63) is 68.3 Å². The molecule has 0 fully saturated rings. The molecule has 0 saturated carbocycles. The fraction of sp³-hybridized carbons (Fsp3) is 0.222. The van der Waals surface area contributed by atoms with Crippen molar-refractivity contribution < 1.29 is 13.2 Å². The Bertz CT molecular complexity index is 1030. The Balaban J connectivity index is 1.80. The van der Waals surface area contributed by atoms with Gasteiger partial charge in [0.05, 0.1) is 27.9 Å². The Morgan fingerprint density at radius 1 is 1.16 bits per heavy atom. The monoisotopic (exact) mass is 362 g/mol. The molecule has 0 unspecified atom stereocenters. The third-order valence-electron chi connectivity index (χ3n) is 4.34. The maximum Gasteiger partial charge on any atom is 0.416 e. The van der Waals surface area contributed by atoms with Crippen molar-refractivity contribution in [1.29, 1.82) is 0 Å². The second-order valence-electron chi connectivity index (χ2n) is 5.90. The minimum Gasteiger partial charge on any atom is -0.302 e. The minimum atomic E-state index is -4.36. The summed E-state index contributed by atoms with van der Waals surface area (Å²) in [6.45, 7) is 0.897. The van der Waals surface area contributed by atoms with Crippen LogP contribution in [0, 0.1) is 0 Å². The van der Waals surface area contributed by atoms with Crippen molar-refractivity contribution >= 4 is 27.8 Å². The molecule has 0 N–H and O–H groups in total. The van der Waals surface area contributed by atoms with E-state index in [1.165, 1.54) is 12.1 Å². The van der Waals surface area contributed by atoms with Gasteiger partial charge in [0.25, 0.3) is 5.56 Å². The van der Waals surface area contributed by atoms with Gasteiger partial charge in [0.15, 0.2) is 0 Å². The van der Waals surface area contributed by atoms with Crippen molar-refractivity contribution in [2.45, 2.75) is 19.1 Å². The molecule has 3 heterocycles. The first kappa shape index (κ1) is 16.1. The topological polar surface area (TPSA) is 34.4 Å². The molecule has 7 heteroatoms. The number of halogens is 3. The molecule has 0 atom stereocenters. The number of rotatable bonds is 2. The summed E-state index contributed by atoms with van der Waals surface area (Å²) in [7, 11) is 0. The van der Waals surface area contributed by atoms with Crippen LogP contribution in [0.25, 0.3) is 10.2 Å². The van der Waals surface area contributed by atoms with Crippen LogP contribution in [-0.2, 0) is 19.1 Å². The third-order valence-corrected chi connectivity index (χ3v) is 5.31. The summed E-state index contributed by atoms with van der Waals surface area (Å²) in [5.74, 6) is 0. The van der Waals surface area contributed by atoms with E-state index in [4.69, 9.17) is 0 Å². The molecular formula is C18H13F3N2OS. The highest BCUT2D eigenvalue weighted by Crippen LogP contribution is 2.30. The lowest BCUT2D eigenvalue weighted by molar-refractivity contribution is -0.137. The molecule has 2 aromatic heterocycles. The number of fused-ring (bicyclic) bond motifs is 3. The van der Waals surface area contributed by atoms with E-state index in [0.29, 0.717) is 17.7 Å². The van der Waals surface area contributed by atoms with Crippen molar-refractivity contribution in [2.75, 3.05) is 6.54 Å². The van der Waals surface area contributed by atoms with E-state index < -0.39 is 11.7 Å². The number of aromatic nitrogens is 1. The second kappa shape index (κ2) is 5.84. The van der Waals surface area contributed by atoms with Gasteiger partial charge < -0.3 is 4.57 Å². The molecular weight excluding hydrogens is 349 g/mol. The minimum absolute atomic E-state index is 0.149. The fourth-order valence-corrected chi connectivity index (χ4v) is 4.09. The van der Waals surface area contributed by atoms with Gasteiger partial charge in [-0.05, 0) is 41.1 Å². The normalized spacial score (nSPS) is 14.0. The highest BCUT2D eigenvalue weighted by atomic mass is 32.1. The lowest BCUT2D eigenvalue weighted by atomic mass is 10.0. The van der Waals surface area contributed by atoms with Gasteiger partial charge in [0.1, 0.15) is 0 Å². The molecule has 25 heavy (non-hydrogen) atoms. The third kappa shape index (κ3) is 2.78. The van der Waals surface area contributed by atoms with Crippen LogP contribution in [0.2, 0.25) is 0 Å². The highest BCUT2D eigenvalue weighted by molar-refractivity contribution is 7.17. The average Bonchev–Trinajstić information content (AvgIpc) is 3.08. The predicted octanol–water partition coefficient (Wildman–Crippen LogP) is 4.11. The molecule has 128 valence electrons. The quantitative estimate of drug-likeness (QED) is 0.676. The Kier molecular flexibility index (Phi) is 3.76. The van der Waals surface area contributed by atoms with E-state index in [1.807, 2.05) is 11.4 Å². The Labute approximate surface area is 145 Å². The number of pyridine rings is 1. The van der Waals surface area contributed by atoms with E-state index in [0.717, 1.165) is 34.3 Å². The molecule has 0 bridgehead atoms. The maximum atomic E-state index is 12.9. The number of hydrogen-bond donors (Lipinski definition) is 0. The lowest BCUT2D eigenvalue weighted by Gasteiger charge is -2.16. The molecule has 0 aliphatic carbocycles. The fourth-order valence-electron chi connectivity index (χ4n) is 3.10. The van der Waals surface area contributed by atoms with Crippen LogP contribution in [0.1, 0.15) is 22.3 Å². The summed E-state index contributed by atoms with van der Waals surface area (Å²) < 4.78 is 40.8. The van der Waals surface area contributed by atoms with Gasteiger partial charge in [-0.15, -0.1) is 11.3 Å². The summed E-state index contributed by atoms with van der Waals surface area (Å²) in [4.78, 5) is 17.1. The van der Waals surface area contributed by atoms with Gasteiger partial charge in [0.2, 0.25) is 0 Å². The van der Waals surface area contributed by atoms with E-state index in [-0.39, 0.29) is 12.1 Å². The van der Waals surface area contributed by atoms with Crippen molar-refractivity contribution in [3.8, 4) is 0 Å². The van der Waals surface area contributed by atoms with Crippen LogP contribution >= 0.6 is 11.3 Å². The lowest BCUT2D eigenvalue weighted by Crippen LogP contribution is -2.27. The zero-order valence-corrected chi connectivity index (χ0v) is 13.8. The van der Waals surface area contributed by atoms with Crippen molar-refractivity contribution in [2.24, 2.45) is 4.99 Å². The summed E-state index contributed by atoms with van der Waals surface area (Å²) in [5, 5.41) is 1.93. The standard InChI is InChI=1S/C18H13F3N2OS/c19-18(20,21)12-3-1-11(2-4-12)10-23-15-6-8-25-16(15)13-5-7-22-9-14(13)17(23)24/h1-4,6,8-9H,5,7,10H2. The molecule has 3 aromatic rings. The smallest absolute Gasteiger partial charge is 0.302 e. The Hall–Kier alpha value is -2.41. The number of nitrogens with zero attached hydrogens (tertiary/aromatic N) is 2. The summed E-state index contributed by atoms with van der Waals surface area (Å²) in [5.41, 5.74) is 2.24. The van der Waals surface area contributed by atoms with Gasteiger partial charge in [-0.25, -0.2) is 0 Å². The molecule has 1 aliphatic rings. The van der Waals surface area contributed by atoms with Gasteiger partial charge in [-0.2, -0.15) is 13.2 Å². The predicted molar refractivity (Wildman–Crippen MR) is 92.8 cm³/mol. The van der Waals surface area contributed by atoms with Crippen LogP contribution < -0.4 is 5.56 Å². The summed E-state index contributed by atoms with van der Waals surface area (Å²) in [6, 6.07) is 6.82. The number of thiophene rings is 1. The number of benzene rings is 1. The first-order chi connectivity index (χ1) is 11.9. The summed E-state index contributed by atoms with van der Waals surface area (Å²) in [6.07, 6.45) is -2.01. The summed E-state index contributed by atoms with van der Waals surface area (Å²) >= 11 is 1.57. The second-order valence-corrected chi connectivity index (χ2v) is 6.81. The molecule has 3 nitrogen and oxygen atoms in total. The van der Waals surface area contributed by atoms with E-state index in [2.05, 4.69) is 4.99 Å². The molecule has 4 rings (SSSR count). The first-order valence-corrected chi connectivity index (χ1v) is 8.62. The van der Waals surface area contributed by atoms with E-state index >= 15 is 0 Å². The molecule has 0 radical (unpaired) electrons. The van der Waals surface area contributed by atoms with Crippen LogP contribution in [0.4, 0.5) is 13.2 Å². The average molecular weight is 362 g/mol. The number of hydrogen-bond acceptors (Lipinski definition) is 3. The zero-order valence-electron chi connectivity index (χ0n) is 13.0. The van der Waals surface area contributed by atoms with Gasteiger partial charge in [-0.3, -0.25) is 9.79 Å². The van der Waals surface area contributed by atoms with Gasteiger partial charge in [-0.1, -0.05) is 12.1 Å². The molecule has 0 spiro atoms. The number of alkyl halides is 3. The SMILES string of the molecule is O=c1c2c(c3sccc3n1Cc1ccc(C(F)(F)F)cc1)CCN=C2. The van der Waals surface area contributed by atoms with Crippen LogP contribution in [0.5, 0.6) is 0 Å². The highest BCUT2D eigenvalue weighted by Gasteiger charge is 2.30. The molecule has 1 aliphatic heterocycles. The van der Waals surface area contributed by atoms with Crippen molar-refractivity contribution in [1.82, 2.24) is 4.57 Å². The van der Waals surface area contributed by atoms with Crippen LogP contribution in [0.15, 0.2) is 45.5 Å². The van der Waals surface area contributed by atoms with Gasteiger partial charge >= 0.3 is 6.18 Å². The molecule has 0 amide bonds. The maximum absolute atomic E-state index is 12.9. The Morgan fingerprint density at radius 2 is 1.92 bits per heavy atom. The number of aliphatic imine (C=N–C) groups is 1. The van der Waals surface area contributed by atoms with Crippen LogP contribution in [0.3, 0.4) is 0 Å². The Morgan fingerprint density at radius 3 is 2.64 bits per heavy atom. The first-order valence-electron chi connectivity index (χ1n) is 7.74. The zero-order chi connectivity index (χ0) is 17.6. The van der Waals surface area contributed by atoms with E-state index in [9.17, 15) is 18.0 Å². The largest absolute Gasteiger partial charge is 0.416 e. The van der Waals surface area contributed by atoms with E-state index in [1.54, 1.807) is 22.1 Å². The van der Waals surface area contributed by atoms with Crippen LogP contribution in [-0.4, -0.2) is 17.3 Å². The van der Waals surface area contributed by atoms with Gasteiger partial charge in [0, 0.05) is 12.8 Å².